The molecule has 1 aromatic rings. The van der Waals surface area contributed by atoms with E-state index in [9.17, 15) is 14.1 Å². The molecule has 2 atom stereocenters. The monoisotopic (exact) mass is 256 g/mol. The number of aliphatic hydroxyl groups is 1. The highest BCUT2D eigenvalue weighted by atomic mass is 32.2. The van der Waals surface area contributed by atoms with Crippen LogP contribution in [0.15, 0.2) is 29.2 Å². The van der Waals surface area contributed by atoms with Gasteiger partial charge in [0.25, 0.3) is 0 Å². The largest absolute Gasteiger partial charge is 0.467 e. The van der Waals surface area contributed by atoms with Crippen LogP contribution in [0, 0.1) is 6.92 Å². The summed E-state index contributed by atoms with van der Waals surface area (Å²) < 4.78 is 16.4. The zero-order chi connectivity index (χ0) is 13.1. The molecule has 0 unspecified atom stereocenters. The molecule has 0 aliphatic rings. The third-order valence-corrected chi connectivity index (χ3v) is 3.94. The van der Waals surface area contributed by atoms with Crippen LogP contribution in [0.4, 0.5) is 0 Å². The van der Waals surface area contributed by atoms with E-state index >= 15 is 0 Å². The Hall–Kier alpha value is -1.20. The Balaban J connectivity index is 2.79. The number of methoxy groups -OCH3 is 1. The molecule has 0 bridgehead atoms. The van der Waals surface area contributed by atoms with Crippen LogP contribution in [-0.2, 0) is 20.3 Å². The molecule has 94 valence electrons. The predicted octanol–water partition coefficient (Wildman–Crippen LogP) is 1.03. The van der Waals surface area contributed by atoms with Crippen LogP contribution in [0.25, 0.3) is 0 Å². The van der Waals surface area contributed by atoms with Crippen LogP contribution in [0.3, 0.4) is 0 Å². The smallest absolute Gasteiger partial charge is 0.338 e. The molecule has 17 heavy (non-hydrogen) atoms. The average molecular weight is 256 g/mol. The van der Waals surface area contributed by atoms with Crippen LogP contribution in [0.1, 0.15) is 12.5 Å². The fourth-order valence-corrected chi connectivity index (χ4v) is 2.54. The van der Waals surface area contributed by atoms with Gasteiger partial charge >= 0.3 is 5.97 Å². The summed E-state index contributed by atoms with van der Waals surface area (Å²) in [6.45, 7) is 3.22. The predicted molar refractivity (Wildman–Crippen MR) is 65.1 cm³/mol. The molecular formula is C12H16O4S. The zero-order valence-electron chi connectivity index (χ0n) is 10.1. The van der Waals surface area contributed by atoms with E-state index in [1.54, 1.807) is 12.1 Å². The molecule has 1 N–H and O–H groups in total. The second-order valence-corrected chi connectivity index (χ2v) is 5.52. The molecule has 0 spiro atoms. The summed E-state index contributed by atoms with van der Waals surface area (Å²) in [4.78, 5) is 11.8. The maximum absolute atomic E-state index is 11.9. The van der Waals surface area contributed by atoms with Gasteiger partial charge < -0.3 is 9.84 Å². The first-order valence-electron chi connectivity index (χ1n) is 5.12. The molecule has 4 nitrogen and oxygen atoms in total. The molecule has 5 heteroatoms. The number of esters is 1. The van der Waals surface area contributed by atoms with Gasteiger partial charge in [-0.2, -0.15) is 0 Å². The molecule has 0 saturated carbocycles. The lowest BCUT2D eigenvalue weighted by Gasteiger charge is -2.19. The summed E-state index contributed by atoms with van der Waals surface area (Å²) in [7, 11) is -0.248. The number of carbonyl (C=O) groups is 1. The average Bonchev–Trinajstić information content (AvgIpc) is 2.28. The Kier molecular flexibility index (Phi) is 4.42. The number of hydrogen-bond acceptors (Lipinski definition) is 4. The van der Waals surface area contributed by atoms with Crippen molar-refractivity contribution in [2.45, 2.75) is 24.3 Å². The van der Waals surface area contributed by atoms with E-state index < -0.39 is 22.4 Å². The van der Waals surface area contributed by atoms with E-state index in [0.29, 0.717) is 4.90 Å². The Morgan fingerprint density at radius 3 is 2.41 bits per heavy atom. The van der Waals surface area contributed by atoms with Gasteiger partial charge in [-0.05, 0) is 26.0 Å². The Bertz CT molecular complexity index is 423. The molecule has 1 rings (SSSR count). The number of hydrogen-bond donors (Lipinski definition) is 1. The highest BCUT2D eigenvalue weighted by Crippen LogP contribution is 2.15. The lowest BCUT2D eigenvalue weighted by atomic mass is 10.1. The van der Waals surface area contributed by atoms with Gasteiger partial charge in [0.05, 0.1) is 23.7 Å². The summed E-state index contributed by atoms with van der Waals surface area (Å²) in [6, 6.07) is 7.11. The number of carbonyl (C=O) groups excluding carboxylic acids is 1. The second-order valence-electron chi connectivity index (χ2n) is 4.07. The minimum Gasteiger partial charge on any atom is -0.467 e. The standard InChI is InChI=1S/C12H16O4S/c1-9-4-6-10(7-5-9)17(15)8-12(2,14)11(13)16-3/h4-7,14H,8H2,1-3H3/t12-,17+/m0/s1. The summed E-state index contributed by atoms with van der Waals surface area (Å²) in [5.74, 6) is -0.958. The molecule has 0 heterocycles. The third kappa shape index (κ3) is 3.64. The minimum absolute atomic E-state index is 0.178. The van der Waals surface area contributed by atoms with Gasteiger partial charge in [-0.25, -0.2) is 4.79 Å². The fourth-order valence-electron chi connectivity index (χ4n) is 1.31. The van der Waals surface area contributed by atoms with E-state index in [2.05, 4.69) is 4.74 Å². The molecule has 0 saturated heterocycles. The Morgan fingerprint density at radius 1 is 1.41 bits per heavy atom. The van der Waals surface area contributed by atoms with Crippen LogP contribution >= 0.6 is 0 Å². The molecule has 0 amide bonds. The maximum atomic E-state index is 11.9. The maximum Gasteiger partial charge on any atom is 0.338 e. The van der Waals surface area contributed by atoms with Crippen molar-refractivity contribution in [3.8, 4) is 0 Å². The summed E-state index contributed by atoms with van der Waals surface area (Å²) in [5.41, 5.74) is -0.671. The van der Waals surface area contributed by atoms with Gasteiger partial charge in [-0.1, -0.05) is 17.7 Å². The van der Waals surface area contributed by atoms with Gasteiger partial charge in [0.1, 0.15) is 0 Å². The second kappa shape index (κ2) is 5.42. The van der Waals surface area contributed by atoms with Crippen molar-refractivity contribution < 1.29 is 18.8 Å². The Morgan fingerprint density at radius 2 is 1.94 bits per heavy atom. The molecule has 1 aromatic carbocycles. The van der Waals surface area contributed by atoms with Crippen molar-refractivity contribution in [1.29, 1.82) is 0 Å². The van der Waals surface area contributed by atoms with E-state index in [0.717, 1.165) is 5.56 Å². The normalized spacial score (nSPS) is 16.0. The highest BCUT2D eigenvalue weighted by Gasteiger charge is 2.33. The van der Waals surface area contributed by atoms with Crippen molar-refractivity contribution in [2.75, 3.05) is 12.9 Å². The number of benzene rings is 1. The van der Waals surface area contributed by atoms with Crippen LogP contribution in [0.5, 0.6) is 0 Å². The van der Waals surface area contributed by atoms with Crippen LogP contribution in [-0.4, -0.2) is 33.7 Å². The Labute approximate surface area is 103 Å². The molecule has 0 fully saturated rings. The molecule has 0 radical (unpaired) electrons. The highest BCUT2D eigenvalue weighted by molar-refractivity contribution is 7.85. The zero-order valence-corrected chi connectivity index (χ0v) is 10.9. The fraction of sp³-hybridized carbons (Fsp3) is 0.417. The van der Waals surface area contributed by atoms with Crippen molar-refractivity contribution in [2.24, 2.45) is 0 Å². The van der Waals surface area contributed by atoms with E-state index in [1.807, 2.05) is 19.1 Å². The SMILES string of the molecule is COC(=O)[C@@](C)(O)C[S@@](=O)c1ccc(C)cc1. The van der Waals surface area contributed by atoms with Crippen molar-refractivity contribution in [1.82, 2.24) is 0 Å². The topological polar surface area (TPSA) is 63.6 Å². The molecule has 0 aliphatic heterocycles. The number of ether oxygens (including phenoxy) is 1. The quantitative estimate of drug-likeness (QED) is 0.817. The van der Waals surface area contributed by atoms with Crippen molar-refractivity contribution >= 4 is 16.8 Å². The lowest BCUT2D eigenvalue weighted by Crippen LogP contribution is -2.41. The first-order chi connectivity index (χ1) is 7.86. The van der Waals surface area contributed by atoms with Gasteiger partial charge in [0.15, 0.2) is 5.60 Å². The first-order valence-corrected chi connectivity index (χ1v) is 6.44. The summed E-state index contributed by atoms with van der Waals surface area (Å²) in [5, 5.41) is 9.80. The summed E-state index contributed by atoms with van der Waals surface area (Å²) in [6.07, 6.45) is 0. The molecule has 0 aliphatic carbocycles. The van der Waals surface area contributed by atoms with E-state index in [-0.39, 0.29) is 5.75 Å². The lowest BCUT2D eigenvalue weighted by molar-refractivity contribution is -0.158. The van der Waals surface area contributed by atoms with Gasteiger partial charge in [-0.3, -0.25) is 4.21 Å². The van der Waals surface area contributed by atoms with Gasteiger partial charge in [0, 0.05) is 4.90 Å². The van der Waals surface area contributed by atoms with Crippen LogP contribution < -0.4 is 0 Å². The van der Waals surface area contributed by atoms with Crippen molar-refractivity contribution in [3.63, 3.8) is 0 Å². The van der Waals surface area contributed by atoms with E-state index in [4.69, 9.17) is 0 Å². The van der Waals surface area contributed by atoms with Crippen molar-refractivity contribution in [3.05, 3.63) is 29.8 Å². The first kappa shape index (κ1) is 13.9. The molecule has 0 aromatic heterocycles. The summed E-state index contributed by atoms with van der Waals surface area (Å²) >= 11 is 0. The molecular weight excluding hydrogens is 240 g/mol. The van der Waals surface area contributed by atoms with Crippen LogP contribution in [0.2, 0.25) is 0 Å². The van der Waals surface area contributed by atoms with E-state index in [1.165, 1.54) is 14.0 Å². The van der Waals surface area contributed by atoms with Gasteiger partial charge in [-0.15, -0.1) is 0 Å². The van der Waals surface area contributed by atoms with Gasteiger partial charge in [0.2, 0.25) is 0 Å². The number of rotatable bonds is 4. The number of aryl methyl sites for hydroxylation is 1. The minimum atomic E-state index is -1.73. The third-order valence-electron chi connectivity index (χ3n) is 2.32.